The van der Waals surface area contributed by atoms with Crippen LogP contribution in [0.4, 0.5) is 0 Å². The molecule has 6 nitrogen and oxygen atoms in total. The van der Waals surface area contributed by atoms with Gasteiger partial charge in [-0.3, -0.25) is 4.79 Å². The third kappa shape index (κ3) is 7.03. The minimum Gasteiger partial charge on any atom is -0.493 e. The third-order valence-corrected chi connectivity index (χ3v) is 4.00. The number of amides is 1. The molecule has 0 bridgehead atoms. The lowest BCUT2D eigenvalue weighted by Gasteiger charge is -2.15. The van der Waals surface area contributed by atoms with Crippen LogP contribution in [0.25, 0.3) is 0 Å². The molecule has 1 saturated carbocycles. The van der Waals surface area contributed by atoms with Crippen LogP contribution in [0, 0.1) is 5.92 Å². The van der Waals surface area contributed by atoms with Crippen molar-refractivity contribution >= 4 is 11.9 Å². The van der Waals surface area contributed by atoms with Gasteiger partial charge in [-0.25, -0.2) is 4.99 Å². The predicted octanol–water partition coefficient (Wildman–Crippen LogP) is 2.01. The van der Waals surface area contributed by atoms with Gasteiger partial charge in [0.05, 0.1) is 19.7 Å². The molecule has 1 aromatic carbocycles. The molecule has 2 rings (SSSR count). The van der Waals surface area contributed by atoms with Gasteiger partial charge in [0.2, 0.25) is 5.91 Å². The summed E-state index contributed by atoms with van der Waals surface area (Å²) in [6.07, 6.45) is 3.54. The van der Waals surface area contributed by atoms with Crippen LogP contribution in [0.15, 0.2) is 29.3 Å². The second-order valence-corrected chi connectivity index (χ2v) is 6.60. The maximum Gasteiger partial charge on any atom is 0.241 e. The molecule has 0 unspecified atom stereocenters. The van der Waals surface area contributed by atoms with E-state index in [1.165, 1.54) is 12.8 Å². The number of ether oxygens (including phenoxy) is 1. The predicted molar refractivity (Wildman–Crippen MR) is 101 cm³/mol. The number of hydrogen-bond donors (Lipinski definition) is 2. The zero-order valence-electron chi connectivity index (χ0n) is 15.5. The highest BCUT2D eigenvalue weighted by molar-refractivity contribution is 5.86. The molecule has 1 aliphatic rings. The summed E-state index contributed by atoms with van der Waals surface area (Å²) in [6.45, 7) is 4.42. The number of nitrogens with zero attached hydrogens (tertiary/aromatic N) is 2. The number of para-hydroxylation sites is 1. The lowest BCUT2D eigenvalue weighted by Crippen LogP contribution is -2.43. The Morgan fingerprint density at radius 3 is 2.72 bits per heavy atom. The number of carbonyl (C=O) groups excluding carboxylic acids is 1. The fraction of sp³-hybridized carbons (Fsp3) is 0.579. The van der Waals surface area contributed by atoms with E-state index in [1.54, 1.807) is 19.0 Å². The maximum absolute atomic E-state index is 11.8. The van der Waals surface area contributed by atoms with Gasteiger partial charge in [0.1, 0.15) is 5.75 Å². The molecule has 1 aromatic rings. The van der Waals surface area contributed by atoms with Crippen LogP contribution in [0.1, 0.15) is 31.7 Å². The number of likely N-dealkylation sites (N-methyl/N-ethyl adjacent to an activating group) is 1. The Labute approximate surface area is 150 Å². The molecule has 0 atom stereocenters. The number of guanidine groups is 1. The van der Waals surface area contributed by atoms with Gasteiger partial charge in [0.25, 0.3) is 0 Å². The molecule has 2 N–H and O–H groups in total. The standard InChI is InChI=1S/C19H30N4O2/c1-4-11-20-19(22-13-18(24)23(2)3)21-12-16-7-5-6-8-17(16)25-14-15-9-10-15/h5-8,15H,4,9-14H2,1-3H3,(H2,20,21,22). The van der Waals surface area contributed by atoms with Crippen LogP contribution >= 0.6 is 0 Å². The minimum atomic E-state index is 0.0131. The van der Waals surface area contributed by atoms with Gasteiger partial charge in [-0.2, -0.15) is 0 Å². The number of benzene rings is 1. The van der Waals surface area contributed by atoms with E-state index in [1.807, 2.05) is 24.3 Å². The monoisotopic (exact) mass is 346 g/mol. The highest BCUT2D eigenvalue weighted by atomic mass is 16.5. The normalized spacial score (nSPS) is 14.1. The summed E-state index contributed by atoms with van der Waals surface area (Å²) in [5.74, 6) is 2.28. The quantitative estimate of drug-likeness (QED) is 0.530. The molecule has 1 amide bonds. The fourth-order valence-electron chi connectivity index (χ4n) is 2.17. The Bertz CT molecular complexity index is 583. The summed E-state index contributed by atoms with van der Waals surface area (Å²) >= 11 is 0. The average molecular weight is 346 g/mol. The summed E-state index contributed by atoms with van der Waals surface area (Å²) in [5, 5.41) is 6.33. The van der Waals surface area contributed by atoms with Crippen molar-refractivity contribution in [2.75, 3.05) is 33.8 Å². The highest BCUT2D eigenvalue weighted by Crippen LogP contribution is 2.30. The second-order valence-electron chi connectivity index (χ2n) is 6.60. The molecule has 25 heavy (non-hydrogen) atoms. The molecular formula is C19H30N4O2. The number of nitrogens with one attached hydrogen (secondary N) is 2. The lowest BCUT2D eigenvalue weighted by molar-refractivity contribution is -0.127. The van der Waals surface area contributed by atoms with Crippen LogP contribution in [-0.4, -0.2) is 50.6 Å². The topological polar surface area (TPSA) is 66.0 Å². The van der Waals surface area contributed by atoms with Crippen LogP contribution in [0.3, 0.4) is 0 Å². The van der Waals surface area contributed by atoms with Crippen molar-refractivity contribution in [3.63, 3.8) is 0 Å². The SMILES string of the molecule is CCCNC(=NCc1ccccc1OCC1CC1)NCC(=O)N(C)C. The second kappa shape index (κ2) is 9.91. The van der Waals surface area contributed by atoms with Gasteiger partial charge in [-0.15, -0.1) is 0 Å². The van der Waals surface area contributed by atoms with E-state index in [-0.39, 0.29) is 12.5 Å². The molecule has 0 saturated heterocycles. The summed E-state index contributed by atoms with van der Waals surface area (Å²) < 4.78 is 5.93. The van der Waals surface area contributed by atoms with Gasteiger partial charge in [0.15, 0.2) is 5.96 Å². The molecule has 138 valence electrons. The molecule has 1 aliphatic carbocycles. The summed E-state index contributed by atoms with van der Waals surface area (Å²) in [4.78, 5) is 17.9. The molecule has 0 spiro atoms. The van der Waals surface area contributed by atoms with Crippen molar-refractivity contribution in [2.45, 2.75) is 32.7 Å². The van der Waals surface area contributed by atoms with Crippen molar-refractivity contribution < 1.29 is 9.53 Å². The smallest absolute Gasteiger partial charge is 0.241 e. The minimum absolute atomic E-state index is 0.0131. The molecule has 1 fully saturated rings. The van der Waals surface area contributed by atoms with Crippen LogP contribution in [0.5, 0.6) is 5.75 Å². The summed E-state index contributed by atoms with van der Waals surface area (Å²) in [6, 6.07) is 8.01. The Balaban J connectivity index is 1.96. The fourth-order valence-corrected chi connectivity index (χ4v) is 2.17. The molecule has 0 aliphatic heterocycles. The first-order valence-corrected chi connectivity index (χ1v) is 9.03. The first-order chi connectivity index (χ1) is 12.1. The van der Waals surface area contributed by atoms with Gasteiger partial charge in [-0.1, -0.05) is 25.1 Å². The van der Waals surface area contributed by atoms with Gasteiger partial charge >= 0.3 is 0 Å². The molecule has 0 radical (unpaired) electrons. The number of hydrogen-bond acceptors (Lipinski definition) is 3. The zero-order valence-corrected chi connectivity index (χ0v) is 15.5. The number of aliphatic imine (C=N–C) groups is 1. The van der Waals surface area contributed by atoms with Crippen LogP contribution in [0.2, 0.25) is 0 Å². The summed E-state index contributed by atoms with van der Waals surface area (Å²) in [7, 11) is 3.49. The van der Waals surface area contributed by atoms with Crippen LogP contribution < -0.4 is 15.4 Å². The van der Waals surface area contributed by atoms with Crippen molar-refractivity contribution in [3.8, 4) is 5.75 Å². The number of carbonyl (C=O) groups is 1. The molecular weight excluding hydrogens is 316 g/mol. The third-order valence-electron chi connectivity index (χ3n) is 4.00. The Hall–Kier alpha value is -2.24. The summed E-state index contributed by atoms with van der Waals surface area (Å²) in [5.41, 5.74) is 1.06. The van der Waals surface area contributed by atoms with E-state index in [0.717, 1.165) is 36.8 Å². The van der Waals surface area contributed by atoms with E-state index < -0.39 is 0 Å². The van der Waals surface area contributed by atoms with Crippen molar-refractivity contribution in [2.24, 2.45) is 10.9 Å². The molecule has 0 aromatic heterocycles. The molecule has 0 heterocycles. The Kier molecular flexibility index (Phi) is 7.57. The maximum atomic E-state index is 11.8. The van der Waals surface area contributed by atoms with E-state index in [4.69, 9.17) is 4.74 Å². The van der Waals surface area contributed by atoms with E-state index in [2.05, 4.69) is 22.5 Å². The van der Waals surface area contributed by atoms with Gasteiger partial charge in [0, 0.05) is 26.2 Å². The van der Waals surface area contributed by atoms with Gasteiger partial charge < -0.3 is 20.3 Å². The van der Waals surface area contributed by atoms with Crippen molar-refractivity contribution in [1.82, 2.24) is 15.5 Å². The molecule has 6 heteroatoms. The lowest BCUT2D eigenvalue weighted by atomic mass is 10.2. The zero-order chi connectivity index (χ0) is 18.1. The van der Waals surface area contributed by atoms with Crippen molar-refractivity contribution in [1.29, 1.82) is 0 Å². The highest BCUT2D eigenvalue weighted by Gasteiger charge is 2.22. The van der Waals surface area contributed by atoms with Gasteiger partial charge in [-0.05, 0) is 31.2 Å². The van der Waals surface area contributed by atoms with Crippen molar-refractivity contribution in [3.05, 3.63) is 29.8 Å². The van der Waals surface area contributed by atoms with E-state index in [0.29, 0.717) is 12.5 Å². The largest absolute Gasteiger partial charge is 0.493 e. The Morgan fingerprint density at radius 2 is 2.04 bits per heavy atom. The van der Waals surface area contributed by atoms with Crippen LogP contribution in [-0.2, 0) is 11.3 Å². The first-order valence-electron chi connectivity index (χ1n) is 9.03. The van der Waals surface area contributed by atoms with E-state index in [9.17, 15) is 4.79 Å². The first kappa shape index (κ1) is 19.1. The Morgan fingerprint density at radius 1 is 1.28 bits per heavy atom. The number of rotatable bonds is 9. The van der Waals surface area contributed by atoms with E-state index >= 15 is 0 Å². The average Bonchev–Trinajstić information content (AvgIpc) is 3.44.